The fourth-order valence-electron chi connectivity index (χ4n) is 2.70. The molecule has 2 rings (SSSR count). The summed E-state index contributed by atoms with van der Waals surface area (Å²) in [5.41, 5.74) is 1.20. The van der Waals surface area contributed by atoms with E-state index in [0.29, 0.717) is 16.9 Å². The zero-order chi connectivity index (χ0) is 16.8. The highest BCUT2D eigenvalue weighted by Crippen LogP contribution is 2.24. The minimum Gasteiger partial charge on any atom is -0.459 e. The molecule has 0 radical (unpaired) electrons. The Kier molecular flexibility index (Phi) is 5.73. The van der Waals surface area contributed by atoms with Crippen LogP contribution in [0.1, 0.15) is 56.3 Å². The van der Waals surface area contributed by atoms with Crippen LogP contribution in [0.25, 0.3) is 0 Å². The van der Waals surface area contributed by atoms with Gasteiger partial charge in [-0.05, 0) is 43.9 Å². The maximum Gasteiger partial charge on any atom is 0.338 e. The van der Waals surface area contributed by atoms with Gasteiger partial charge in [-0.2, -0.15) is 0 Å². The minimum absolute atomic E-state index is 0.0510. The minimum atomic E-state index is -0.435. The highest BCUT2D eigenvalue weighted by molar-refractivity contribution is 5.97. The molecule has 0 saturated heterocycles. The largest absolute Gasteiger partial charge is 0.459 e. The van der Waals surface area contributed by atoms with Crippen LogP contribution in [0.15, 0.2) is 18.2 Å². The van der Waals surface area contributed by atoms with Crippen molar-refractivity contribution in [3.05, 3.63) is 23.8 Å². The van der Waals surface area contributed by atoms with Crippen LogP contribution in [0.3, 0.4) is 0 Å². The van der Waals surface area contributed by atoms with Crippen molar-refractivity contribution >= 4 is 29.2 Å². The number of hydrogen-bond donors (Lipinski definition) is 2. The van der Waals surface area contributed by atoms with E-state index < -0.39 is 5.97 Å². The summed E-state index contributed by atoms with van der Waals surface area (Å²) < 4.78 is 5.53. The highest BCUT2D eigenvalue weighted by atomic mass is 16.5. The van der Waals surface area contributed by atoms with E-state index in [1.54, 1.807) is 18.2 Å². The third-order valence-corrected chi connectivity index (χ3v) is 3.64. The molecule has 0 spiro atoms. The molecule has 1 aliphatic rings. The Morgan fingerprint density at radius 3 is 1.91 bits per heavy atom. The van der Waals surface area contributed by atoms with Crippen molar-refractivity contribution in [1.29, 1.82) is 0 Å². The predicted molar refractivity (Wildman–Crippen MR) is 87.3 cm³/mol. The van der Waals surface area contributed by atoms with Crippen LogP contribution in [0.2, 0.25) is 0 Å². The smallest absolute Gasteiger partial charge is 0.338 e. The molecule has 0 aromatic heterocycles. The van der Waals surface area contributed by atoms with Gasteiger partial charge in [0.05, 0.1) is 5.56 Å². The summed E-state index contributed by atoms with van der Waals surface area (Å²) in [6.45, 7) is 2.76. The Morgan fingerprint density at radius 1 is 0.913 bits per heavy atom. The number of hydrogen-bond acceptors (Lipinski definition) is 4. The lowest BCUT2D eigenvalue weighted by molar-refractivity contribution is -0.115. The van der Waals surface area contributed by atoms with Crippen molar-refractivity contribution in [2.24, 2.45) is 0 Å². The summed E-state index contributed by atoms with van der Waals surface area (Å²) in [6.07, 6.45) is 5.04. The van der Waals surface area contributed by atoms with Crippen LogP contribution >= 0.6 is 0 Å². The Labute approximate surface area is 135 Å². The Morgan fingerprint density at radius 2 is 1.43 bits per heavy atom. The number of anilines is 2. The second-order valence-corrected chi connectivity index (χ2v) is 5.83. The quantitative estimate of drug-likeness (QED) is 0.836. The standard InChI is InChI=1S/C17H22N2O4/c1-11(20)18-14-8-13(9-15(10-14)19-12(2)21)17(22)23-16-6-4-3-5-7-16/h8-10,16H,3-7H2,1-2H3,(H,18,20)(H,19,21). The third kappa shape index (κ3) is 5.39. The zero-order valence-corrected chi connectivity index (χ0v) is 13.5. The average molecular weight is 318 g/mol. The number of carbonyl (C=O) groups is 3. The normalized spacial score (nSPS) is 14.9. The van der Waals surface area contributed by atoms with Gasteiger partial charge in [-0.1, -0.05) is 6.42 Å². The van der Waals surface area contributed by atoms with Gasteiger partial charge >= 0.3 is 5.97 Å². The van der Waals surface area contributed by atoms with Gasteiger partial charge in [-0.3, -0.25) is 9.59 Å². The predicted octanol–water partition coefficient (Wildman–Crippen LogP) is 3.09. The van der Waals surface area contributed by atoms with Crippen LogP contribution in [0.5, 0.6) is 0 Å². The molecule has 2 N–H and O–H groups in total. The number of carbonyl (C=O) groups excluding carboxylic acids is 3. The van der Waals surface area contributed by atoms with Gasteiger partial charge in [0.15, 0.2) is 0 Å². The molecule has 23 heavy (non-hydrogen) atoms. The first-order valence-electron chi connectivity index (χ1n) is 7.85. The average Bonchev–Trinajstić information content (AvgIpc) is 2.46. The molecule has 0 aliphatic heterocycles. The lowest BCUT2D eigenvalue weighted by Gasteiger charge is -2.22. The molecule has 6 heteroatoms. The van der Waals surface area contributed by atoms with Crippen molar-refractivity contribution in [3.63, 3.8) is 0 Å². The second-order valence-electron chi connectivity index (χ2n) is 5.83. The van der Waals surface area contributed by atoms with Crippen molar-refractivity contribution in [2.75, 3.05) is 10.6 Å². The van der Waals surface area contributed by atoms with E-state index in [2.05, 4.69) is 10.6 Å². The molecule has 2 amide bonds. The number of nitrogens with one attached hydrogen (secondary N) is 2. The van der Waals surface area contributed by atoms with Crippen LogP contribution in [-0.4, -0.2) is 23.9 Å². The molecule has 0 atom stereocenters. The molecule has 0 unspecified atom stereocenters. The second kappa shape index (κ2) is 7.76. The van der Waals surface area contributed by atoms with E-state index in [1.165, 1.54) is 20.3 Å². The van der Waals surface area contributed by atoms with E-state index in [0.717, 1.165) is 25.7 Å². The molecule has 0 bridgehead atoms. The van der Waals surface area contributed by atoms with Crippen molar-refractivity contribution in [3.8, 4) is 0 Å². The van der Waals surface area contributed by atoms with Crippen molar-refractivity contribution in [2.45, 2.75) is 52.1 Å². The molecule has 1 aromatic rings. The van der Waals surface area contributed by atoms with Crippen molar-refractivity contribution < 1.29 is 19.1 Å². The van der Waals surface area contributed by atoms with E-state index in [1.807, 2.05) is 0 Å². The summed E-state index contributed by atoms with van der Waals surface area (Å²) in [7, 11) is 0. The maximum atomic E-state index is 12.3. The van der Waals surface area contributed by atoms with Gasteiger partial charge in [0.2, 0.25) is 11.8 Å². The number of benzene rings is 1. The summed E-state index contributed by atoms with van der Waals surface area (Å²) in [5.74, 6) is -0.941. The molecule has 1 aromatic carbocycles. The SMILES string of the molecule is CC(=O)Nc1cc(NC(C)=O)cc(C(=O)OC2CCCCC2)c1. The molecule has 124 valence electrons. The first kappa shape index (κ1) is 17.0. The lowest BCUT2D eigenvalue weighted by Crippen LogP contribution is -2.21. The summed E-state index contributed by atoms with van der Waals surface area (Å²) >= 11 is 0. The summed E-state index contributed by atoms with van der Waals surface area (Å²) in [5, 5.41) is 5.24. The topological polar surface area (TPSA) is 84.5 Å². The van der Waals surface area contributed by atoms with Gasteiger partial charge in [0.1, 0.15) is 6.10 Å². The van der Waals surface area contributed by atoms with Crippen LogP contribution in [0.4, 0.5) is 11.4 Å². The van der Waals surface area contributed by atoms with Crippen LogP contribution in [0, 0.1) is 0 Å². The van der Waals surface area contributed by atoms with Crippen LogP contribution in [-0.2, 0) is 14.3 Å². The highest BCUT2D eigenvalue weighted by Gasteiger charge is 2.19. The zero-order valence-electron chi connectivity index (χ0n) is 13.5. The Hall–Kier alpha value is -2.37. The molecule has 0 heterocycles. The monoisotopic (exact) mass is 318 g/mol. The molecule has 1 saturated carbocycles. The molecule has 1 fully saturated rings. The number of ether oxygens (including phenoxy) is 1. The van der Waals surface area contributed by atoms with E-state index >= 15 is 0 Å². The van der Waals surface area contributed by atoms with Gasteiger partial charge in [-0.25, -0.2) is 4.79 Å². The van der Waals surface area contributed by atoms with E-state index in [9.17, 15) is 14.4 Å². The summed E-state index contributed by atoms with van der Waals surface area (Å²) in [4.78, 5) is 34.8. The number of amides is 2. The Balaban J connectivity index is 2.18. The fraction of sp³-hybridized carbons (Fsp3) is 0.471. The van der Waals surface area contributed by atoms with E-state index in [-0.39, 0.29) is 17.9 Å². The fourth-order valence-corrected chi connectivity index (χ4v) is 2.70. The van der Waals surface area contributed by atoms with Crippen LogP contribution < -0.4 is 10.6 Å². The molecular formula is C17H22N2O4. The first-order chi connectivity index (χ1) is 10.9. The Bertz CT molecular complexity index is 572. The molecule has 1 aliphatic carbocycles. The number of esters is 1. The lowest BCUT2D eigenvalue weighted by atomic mass is 9.98. The maximum absolute atomic E-state index is 12.3. The summed E-state index contributed by atoms with van der Waals surface area (Å²) in [6, 6.07) is 4.70. The molecule has 6 nitrogen and oxygen atoms in total. The molecular weight excluding hydrogens is 296 g/mol. The first-order valence-corrected chi connectivity index (χ1v) is 7.85. The third-order valence-electron chi connectivity index (χ3n) is 3.64. The van der Waals surface area contributed by atoms with Gasteiger partial charge in [-0.15, -0.1) is 0 Å². The van der Waals surface area contributed by atoms with Gasteiger partial charge in [0, 0.05) is 25.2 Å². The number of rotatable bonds is 4. The van der Waals surface area contributed by atoms with Crippen molar-refractivity contribution in [1.82, 2.24) is 0 Å². The van der Waals surface area contributed by atoms with Gasteiger partial charge < -0.3 is 15.4 Å². The van der Waals surface area contributed by atoms with E-state index in [4.69, 9.17) is 4.74 Å². The van der Waals surface area contributed by atoms with Gasteiger partial charge in [0.25, 0.3) is 0 Å².